The van der Waals surface area contributed by atoms with Gasteiger partial charge in [-0.3, -0.25) is 4.79 Å². The van der Waals surface area contributed by atoms with Crippen molar-refractivity contribution in [2.75, 3.05) is 33.3 Å². The molecule has 1 aromatic carbocycles. The molecule has 2 aliphatic rings. The summed E-state index contributed by atoms with van der Waals surface area (Å²) in [5.41, 5.74) is 0.321. The molecule has 0 aromatic heterocycles. The number of methoxy groups -OCH3 is 1. The SMILES string of the molecule is COC(=O)[C@H]1CC[C@@H](NCC2CN(C(=O)OC(C)(C)C)CCN2C(=O)OCc2ccccc2)C1. The van der Waals surface area contributed by atoms with E-state index in [9.17, 15) is 14.4 Å². The molecule has 3 rings (SSSR count). The molecule has 1 aliphatic heterocycles. The van der Waals surface area contributed by atoms with E-state index in [1.54, 1.807) is 9.80 Å². The lowest BCUT2D eigenvalue weighted by Crippen LogP contribution is -2.60. The monoisotopic (exact) mass is 475 g/mol. The van der Waals surface area contributed by atoms with Gasteiger partial charge in [-0.25, -0.2) is 9.59 Å². The molecule has 0 spiro atoms. The average molecular weight is 476 g/mol. The van der Waals surface area contributed by atoms with E-state index in [2.05, 4.69) is 5.32 Å². The van der Waals surface area contributed by atoms with Crippen LogP contribution in [0.15, 0.2) is 30.3 Å². The van der Waals surface area contributed by atoms with Gasteiger partial charge in [0.25, 0.3) is 0 Å². The van der Waals surface area contributed by atoms with Crippen LogP contribution in [-0.2, 0) is 25.6 Å². The van der Waals surface area contributed by atoms with E-state index in [0.717, 1.165) is 18.4 Å². The molecule has 0 radical (unpaired) electrons. The minimum atomic E-state index is -0.594. The number of carbonyl (C=O) groups excluding carboxylic acids is 3. The fourth-order valence-electron chi connectivity index (χ4n) is 4.42. The number of carbonyl (C=O) groups is 3. The lowest BCUT2D eigenvalue weighted by molar-refractivity contribution is -0.145. The summed E-state index contributed by atoms with van der Waals surface area (Å²) in [7, 11) is 1.41. The predicted octanol–water partition coefficient (Wildman–Crippen LogP) is 3.18. The summed E-state index contributed by atoms with van der Waals surface area (Å²) in [4.78, 5) is 40.8. The van der Waals surface area contributed by atoms with Crippen LogP contribution < -0.4 is 5.32 Å². The van der Waals surface area contributed by atoms with Gasteiger partial charge in [-0.1, -0.05) is 30.3 Å². The van der Waals surface area contributed by atoms with Gasteiger partial charge in [0, 0.05) is 32.2 Å². The number of nitrogens with one attached hydrogen (secondary N) is 1. The fraction of sp³-hybridized carbons (Fsp3) is 0.640. The van der Waals surface area contributed by atoms with E-state index in [1.807, 2.05) is 51.1 Å². The second-order valence-corrected chi connectivity index (χ2v) is 9.95. The van der Waals surface area contributed by atoms with Crippen molar-refractivity contribution in [3.63, 3.8) is 0 Å². The molecule has 9 nitrogen and oxygen atoms in total. The maximum atomic E-state index is 12.9. The van der Waals surface area contributed by atoms with E-state index in [1.165, 1.54) is 7.11 Å². The molecule has 1 aliphatic carbocycles. The van der Waals surface area contributed by atoms with Crippen LogP contribution in [0.1, 0.15) is 45.6 Å². The molecule has 1 N–H and O–H groups in total. The van der Waals surface area contributed by atoms with Crippen molar-refractivity contribution in [1.82, 2.24) is 15.1 Å². The van der Waals surface area contributed by atoms with Crippen LogP contribution in [0.25, 0.3) is 0 Å². The van der Waals surface area contributed by atoms with Gasteiger partial charge in [0.2, 0.25) is 0 Å². The Labute approximate surface area is 201 Å². The number of nitrogens with zero attached hydrogens (tertiary/aromatic N) is 2. The highest BCUT2D eigenvalue weighted by atomic mass is 16.6. The van der Waals surface area contributed by atoms with Gasteiger partial charge >= 0.3 is 18.2 Å². The lowest BCUT2D eigenvalue weighted by atomic mass is 10.1. The zero-order valence-corrected chi connectivity index (χ0v) is 20.6. The highest BCUT2D eigenvalue weighted by Gasteiger charge is 2.36. The van der Waals surface area contributed by atoms with Gasteiger partial charge in [0.1, 0.15) is 12.2 Å². The smallest absolute Gasteiger partial charge is 0.410 e. The van der Waals surface area contributed by atoms with Crippen molar-refractivity contribution in [1.29, 1.82) is 0 Å². The quantitative estimate of drug-likeness (QED) is 0.499. The number of ether oxygens (including phenoxy) is 3. The van der Waals surface area contributed by atoms with Crippen molar-refractivity contribution < 1.29 is 28.6 Å². The average Bonchev–Trinajstić information content (AvgIpc) is 3.29. The Morgan fingerprint density at radius 1 is 1.06 bits per heavy atom. The van der Waals surface area contributed by atoms with Crippen LogP contribution in [0, 0.1) is 5.92 Å². The zero-order chi connectivity index (χ0) is 24.7. The first-order chi connectivity index (χ1) is 16.2. The van der Waals surface area contributed by atoms with Crippen molar-refractivity contribution >= 4 is 18.2 Å². The van der Waals surface area contributed by atoms with E-state index in [4.69, 9.17) is 14.2 Å². The van der Waals surface area contributed by atoms with Gasteiger partial charge in [-0.2, -0.15) is 0 Å². The number of rotatable bonds is 6. The van der Waals surface area contributed by atoms with Gasteiger partial charge in [-0.15, -0.1) is 0 Å². The number of hydrogen-bond donors (Lipinski definition) is 1. The number of piperazine rings is 1. The Balaban J connectivity index is 1.61. The van der Waals surface area contributed by atoms with Crippen LogP contribution in [0.5, 0.6) is 0 Å². The second kappa shape index (κ2) is 11.6. The summed E-state index contributed by atoms with van der Waals surface area (Å²) in [6.45, 7) is 7.24. The lowest BCUT2D eigenvalue weighted by Gasteiger charge is -2.41. The third-order valence-electron chi connectivity index (χ3n) is 6.18. The van der Waals surface area contributed by atoms with Gasteiger partial charge < -0.3 is 29.3 Å². The van der Waals surface area contributed by atoms with E-state index < -0.39 is 11.7 Å². The minimum Gasteiger partial charge on any atom is -0.469 e. The normalized spacial score (nSPS) is 22.9. The molecule has 2 amide bonds. The van der Waals surface area contributed by atoms with Crippen molar-refractivity contribution in [3.05, 3.63) is 35.9 Å². The summed E-state index contributed by atoms with van der Waals surface area (Å²) in [5, 5.41) is 3.49. The van der Waals surface area contributed by atoms with Crippen molar-refractivity contribution in [2.24, 2.45) is 5.92 Å². The van der Waals surface area contributed by atoms with Crippen molar-refractivity contribution in [2.45, 2.75) is 64.3 Å². The Morgan fingerprint density at radius 3 is 2.47 bits per heavy atom. The molecular formula is C25H37N3O6. The molecule has 1 aromatic rings. The van der Waals surface area contributed by atoms with Crippen LogP contribution in [-0.4, -0.2) is 78.9 Å². The van der Waals surface area contributed by atoms with Gasteiger partial charge in [0.05, 0.1) is 19.1 Å². The van der Waals surface area contributed by atoms with Crippen LogP contribution in [0.3, 0.4) is 0 Å². The molecule has 1 saturated carbocycles. The summed E-state index contributed by atoms with van der Waals surface area (Å²) >= 11 is 0. The zero-order valence-electron chi connectivity index (χ0n) is 20.6. The van der Waals surface area contributed by atoms with E-state index in [-0.39, 0.29) is 36.7 Å². The number of hydrogen-bond acceptors (Lipinski definition) is 7. The molecule has 3 atom stereocenters. The van der Waals surface area contributed by atoms with Gasteiger partial charge in [0.15, 0.2) is 0 Å². The third-order valence-corrected chi connectivity index (χ3v) is 6.18. The van der Waals surface area contributed by atoms with Crippen LogP contribution >= 0.6 is 0 Å². The first-order valence-corrected chi connectivity index (χ1v) is 11.9. The maximum absolute atomic E-state index is 12.9. The van der Waals surface area contributed by atoms with E-state index >= 15 is 0 Å². The van der Waals surface area contributed by atoms with Crippen molar-refractivity contribution in [3.8, 4) is 0 Å². The molecule has 188 valence electrons. The Hall–Kier alpha value is -2.81. The first kappa shape index (κ1) is 25.8. The molecule has 0 bridgehead atoms. The Morgan fingerprint density at radius 2 is 1.79 bits per heavy atom. The molecule has 1 unspecified atom stereocenters. The molecule has 1 heterocycles. The van der Waals surface area contributed by atoms with Crippen LogP contribution in [0.2, 0.25) is 0 Å². The summed E-state index contributed by atoms with van der Waals surface area (Å²) < 4.78 is 16.0. The Bertz CT molecular complexity index is 841. The maximum Gasteiger partial charge on any atom is 0.410 e. The highest BCUT2D eigenvalue weighted by molar-refractivity contribution is 5.72. The molecular weight excluding hydrogens is 438 g/mol. The minimum absolute atomic E-state index is 0.0981. The predicted molar refractivity (Wildman–Crippen MR) is 126 cm³/mol. The fourth-order valence-corrected chi connectivity index (χ4v) is 4.42. The number of amides is 2. The Kier molecular flexibility index (Phi) is 8.77. The summed E-state index contributed by atoms with van der Waals surface area (Å²) in [5.74, 6) is -0.275. The highest BCUT2D eigenvalue weighted by Crippen LogP contribution is 2.27. The second-order valence-electron chi connectivity index (χ2n) is 9.95. The molecule has 2 fully saturated rings. The van der Waals surface area contributed by atoms with E-state index in [0.29, 0.717) is 32.6 Å². The molecule has 34 heavy (non-hydrogen) atoms. The largest absolute Gasteiger partial charge is 0.469 e. The summed E-state index contributed by atoms with van der Waals surface area (Å²) in [6.07, 6.45) is 1.55. The third kappa shape index (κ3) is 7.35. The van der Waals surface area contributed by atoms with Crippen LogP contribution in [0.4, 0.5) is 9.59 Å². The number of esters is 1. The molecule has 1 saturated heterocycles. The molecule has 9 heteroatoms. The van der Waals surface area contributed by atoms with Gasteiger partial charge in [-0.05, 0) is 45.6 Å². The first-order valence-electron chi connectivity index (χ1n) is 11.9. The summed E-state index contributed by atoms with van der Waals surface area (Å²) in [6, 6.07) is 9.41. The standard InChI is InChI=1S/C25H37N3O6/c1-25(2,3)34-23(30)27-12-13-28(24(31)33-17-18-8-6-5-7-9-18)21(16-27)15-26-20-11-10-19(14-20)22(29)32-4/h5-9,19-21,26H,10-17H2,1-4H3/t19-,20+,21?/m0/s1. The topological polar surface area (TPSA) is 97.4 Å². The number of benzene rings is 1.